The highest BCUT2D eigenvalue weighted by atomic mass is 32.2. The van der Waals surface area contributed by atoms with Crippen molar-refractivity contribution in [3.63, 3.8) is 0 Å². The summed E-state index contributed by atoms with van der Waals surface area (Å²) in [6.45, 7) is 11.5. The molecule has 0 aliphatic carbocycles. The second-order valence-electron chi connectivity index (χ2n) is 5.23. The van der Waals surface area contributed by atoms with E-state index in [1.54, 1.807) is 0 Å². The summed E-state index contributed by atoms with van der Waals surface area (Å²) in [4.78, 5) is 0. The molecule has 0 saturated carbocycles. The molecular weight excluding hydrogens is 178 g/mol. The molecule has 1 nitrogen and oxygen atoms in total. The molecule has 1 fully saturated rings. The number of hydrogen-bond acceptors (Lipinski definition) is 2. The zero-order valence-corrected chi connectivity index (χ0v) is 10.4. The van der Waals surface area contributed by atoms with E-state index < -0.39 is 0 Å². The first-order valence-electron chi connectivity index (χ1n) is 5.29. The predicted molar refractivity (Wildman–Crippen MR) is 62.4 cm³/mol. The van der Waals surface area contributed by atoms with Crippen LogP contribution in [0, 0.1) is 5.41 Å². The molecule has 0 spiro atoms. The van der Waals surface area contributed by atoms with E-state index in [0.717, 1.165) is 11.3 Å². The molecule has 0 aromatic heterocycles. The van der Waals surface area contributed by atoms with Gasteiger partial charge in [-0.2, -0.15) is 11.8 Å². The van der Waals surface area contributed by atoms with Gasteiger partial charge in [0, 0.05) is 17.3 Å². The zero-order chi connectivity index (χ0) is 10.1. The number of hydrogen-bond donors (Lipinski definition) is 1. The highest BCUT2D eigenvalue weighted by molar-refractivity contribution is 8.00. The fraction of sp³-hybridized carbons (Fsp3) is 1.00. The first kappa shape index (κ1) is 11.4. The predicted octanol–water partition coefficient (Wildman–Crippen LogP) is 2.90. The summed E-state index contributed by atoms with van der Waals surface area (Å²) >= 11 is 2.10. The van der Waals surface area contributed by atoms with Gasteiger partial charge in [-0.1, -0.05) is 27.7 Å². The summed E-state index contributed by atoms with van der Waals surface area (Å²) < 4.78 is 0. The van der Waals surface area contributed by atoms with Gasteiger partial charge in [-0.05, 0) is 24.5 Å². The minimum absolute atomic E-state index is 0.382. The molecule has 1 N–H and O–H groups in total. The molecule has 13 heavy (non-hydrogen) atoms. The third kappa shape index (κ3) is 3.17. The minimum atomic E-state index is 0.382. The van der Waals surface area contributed by atoms with E-state index in [1.165, 1.54) is 12.2 Å². The van der Waals surface area contributed by atoms with Crippen LogP contribution in [0.4, 0.5) is 0 Å². The summed E-state index contributed by atoms with van der Waals surface area (Å²) in [5, 5.41) is 4.54. The summed E-state index contributed by atoms with van der Waals surface area (Å²) in [6, 6.07) is 1.35. The van der Waals surface area contributed by atoms with E-state index in [-0.39, 0.29) is 0 Å². The zero-order valence-electron chi connectivity index (χ0n) is 9.55. The van der Waals surface area contributed by atoms with Gasteiger partial charge in [-0.3, -0.25) is 0 Å². The van der Waals surface area contributed by atoms with Gasteiger partial charge >= 0.3 is 0 Å². The maximum absolute atomic E-state index is 3.75. The highest BCUT2D eigenvalue weighted by Crippen LogP contribution is 2.28. The lowest BCUT2D eigenvalue weighted by Gasteiger charge is -2.32. The molecule has 1 rings (SSSR count). The van der Waals surface area contributed by atoms with E-state index >= 15 is 0 Å². The number of nitrogens with one attached hydrogen (secondary N) is 1. The van der Waals surface area contributed by atoms with Crippen LogP contribution >= 0.6 is 11.8 Å². The molecule has 1 heterocycles. The lowest BCUT2D eigenvalue weighted by Crippen LogP contribution is -2.45. The Hall–Kier alpha value is 0.310. The lowest BCUT2D eigenvalue weighted by atomic mass is 9.87. The molecule has 78 valence electrons. The quantitative estimate of drug-likeness (QED) is 0.737. The number of thioether (sulfide) groups is 1. The molecule has 0 aromatic rings. The first-order valence-corrected chi connectivity index (χ1v) is 6.34. The van der Waals surface area contributed by atoms with Crippen LogP contribution in [0.2, 0.25) is 0 Å². The Morgan fingerprint density at radius 2 is 2.00 bits per heavy atom. The van der Waals surface area contributed by atoms with Crippen molar-refractivity contribution in [3.05, 3.63) is 0 Å². The van der Waals surface area contributed by atoms with Crippen molar-refractivity contribution in [2.75, 3.05) is 5.75 Å². The van der Waals surface area contributed by atoms with Crippen molar-refractivity contribution < 1.29 is 0 Å². The Kier molecular flexibility index (Phi) is 3.70. The van der Waals surface area contributed by atoms with E-state index in [0.29, 0.717) is 11.5 Å². The topological polar surface area (TPSA) is 12.0 Å². The molecule has 0 aromatic carbocycles. The molecular formula is C11H23NS. The average molecular weight is 201 g/mol. The molecule has 1 aliphatic rings. The third-order valence-electron chi connectivity index (χ3n) is 3.14. The normalized spacial score (nSPS) is 32.1. The van der Waals surface area contributed by atoms with E-state index in [1.807, 2.05) is 0 Å². The van der Waals surface area contributed by atoms with E-state index in [2.05, 4.69) is 51.7 Å². The van der Waals surface area contributed by atoms with Gasteiger partial charge in [0.15, 0.2) is 0 Å². The Morgan fingerprint density at radius 3 is 2.38 bits per heavy atom. The van der Waals surface area contributed by atoms with Gasteiger partial charge in [-0.25, -0.2) is 0 Å². The minimum Gasteiger partial charge on any atom is -0.310 e. The van der Waals surface area contributed by atoms with Crippen LogP contribution in [-0.2, 0) is 0 Å². The standard InChI is InChI=1S/C11H23NS/c1-8-10(6-7-13-8)12-9(2)11(3,4)5/h8-10,12H,6-7H2,1-5H3. The smallest absolute Gasteiger partial charge is 0.0194 e. The van der Waals surface area contributed by atoms with Crippen LogP contribution in [-0.4, -0.2) is 23.1 Å². The van der Waals surface area contributed by atoms with Crippen molar-refractivity contribution in [2.24, 2.45) is 5.41 Å². The fourth-order valence-electron chi connectivity index (χ4n) is 1.52. The van der Waals surface area contributed by atoms with Crippen molar-refractivity contribution >= 4 is 11.8 Å². The van der Waals surface area contributed by atoms with Crippen LogP contribution in [0.1, 0.15) is 41.0 Å². The van der Waals surface area contributed by atoms with Crippen LogP contribution in [0.15, 0.2) is 0 Å². The maximum Gasteiger partial charge on any atom is 0.0194 e. The summed E-state index contributed by atoms with van der Waals surface area (Å²) in [5.41, 5.74) is 0.382. The van der Waals surface area contributed by atoms with Crippen molar-refractivity contribution in [3.8, 4) is 0 Å². The van der Waals surface area contributed by atoms with Gasteiger partial charge in [0.05, 0.1) is 0 Å². The highest BCUT2D eigenvalue weighted by Gasteiger charge is 2.28. The molecule has 3 unspecified atom stereocenters. The van der Waals surface area contributed by atoms with Crippen LogP contribution in [0.3, 0.4) is 0 Å². The molecule has 2 heteroatoms. The Morgan fingerprint density at radius 1 is 1.38 bits per heavy atom. The monoisotopic (exact) mass is 201 g/mol. The molecule has 3 atom stereocenters. The number of rotatable bonds is 2. The van der Waals surface area contributed by atoms with E-state index in [9.17, 15) is 0 Å². The van der Waals surface area contributed by atoms with Gasteiger partial charge in [0.1, 0.15) is 0 Å². The summed E-state index contributed by atoms with van der Waals surface area (Å²) in [7, 11) is 0. The Labute approximate surface area is 87.1 Å². The van der Waals surface area contributed by atoms with Crippen molar-refractivity contribution in [1.82, 2.24) is 5.32 Å². The van der Waals surface area contributed by atoms with Crippen molar-refractivity contribution in [2.45, 2.75) is 58.4 Å². The van der Waals surface area contributed by atoms with Crippen LogP contribution in [0.25, 0.3) is 0 Å². The third-order valence-corrected chi connectivity index (χ3v) is 4.47. The first-order chi connectivity index (χ1) is 5.91. The SMILES string of the molecule is CC1SCCC1NC(C)C(C)(C)C. The summed E-state index contributed by atoms with van der Waals surface area (Å²) in [5.74, 6) is 1.33. The molecule has 1 aliphatic heterocycles. The van der Waals surface area contributed by atoms with E-state index in [4.69, 9.17) is 0 Å². The molecule has 0 radical (unpaired) electrons. The second-order valence-corrected chi connectivity index (χ2v) is 6.71. The average Bonchev–Trinajstić information content (AvgIpc) is 2.34. The van der Waals surface area contributed by atoms with Gasteiger partial charge in [0.25, 0.3) is 0 Å². The second kappa shape index (κ2) is 4.22. The Bertz CT molecular complexity index is 162. The largest absolute Gasteiger partial charge is 0.310 e. The molecule has 0 bridgehead atoms. The Balaban J connectivity index is 2.40. The molecule has 0 amide bonds. The van der Waals surface area contributed by atoms with Crippen molar-refractivity contribution in [1.29, 1.82) is 0 Å². The van der Waals surface area contributed by atoms with Crippen LogP contribution in [0.5, 0.6) is 0 Å². The van der Waals surface area contributed by atoms with Gasteiger partial charge in [0.2, 0.25) is 0 Å². The van der Waals surface area contributed by atoms with Crippen LogP contribution < -0.4 is 5.32 Å². The maximum atomic E-state index is 3.75. The lowest BCUT2D eigenvalue weighted by molar-refractivity contribution is 0.262. The summed E-state index contributed by atoms with van der Waals surface area (Å²) in [6.07, 6.45) is 1.34. The van der Waals surface area contributed by atoms with Gasteiger partial charge < -0.3 is 5.32 Å². The fourth-order valence-corrected chi connectivity index (χ4v) is 2.73. The molecule has 1 saturated heterocycles. The van der Waals surface area contributed by atoms with Gasteiger partial charge in [-0.15, -0.1) is 0 Å².